The Hall–Kier alpha value is -3.84. The minimum atomic E-state index is -0.282. The molecule has 5 aromatic carbocycles. The second-order valence-electron chi connectivity index (χ2n) is 9.55. The number of fused-ring (bicyclic) bond motifs is 4. The zero-order valence-electron chi connectivity index (χ0n) is 20.9. The molecule has 0 aliphatic rings. The molecule has 0 amide bonds. The Bertz CT molecular complexity index is 1880. The fourth-order valence-corrected chi connectivity index (χ4v) is 7.03. The summed E-state index contributed by atoms with van der Waals surface area (Å²) in [5.74, 6) is 0.894. The molecule has 0 spiro atoms. The molecule has 5 heteroatoms. The van der Waals surface area contributed by atoms with Crippen molar-refractivity contribution in [3.63, 3.8) is 0 Å². The van der Waals surface area contributed by atoms with E-state index >= 15 is 0 Å². The van der Waals surface area contributed by atoms with Crippen LogP contribution >= 0.6 is 0 Å². The maximum absolute atomic E-state index is 6.04. The molecule has 0 aliphatic heterocycles. The van der Waals surface area contributed by atoms with Gasteiger partial charge in [0.25, 0.3) is 0 Å². The van der Waals surface area contributed by atoms with Gasteiger partial charge >= 0.3 is 234 Å². The van der Waals surface area contributed by atoms with Gasteiger partial charge in [0.2, 0.25) is 0 Å². The van der Waals surface area contributed by atoms with Crippen molar-refractivity contribution >= 4 is 40.7 Å². The Morgan fingerprint density at radius 1 is 0.737 bits per heavy atom. The first kappa shape index (κ1) is 23.3. The molecule has 2 radical (unpaired) electrons. The van der Waals surface area contributed by atoms with Crippen LogP contribution in [0.3, 0.4) is 0 Å². The third-order valence-corrected chi connectivity index (χ3v) is 8.97. The van der Waals surface area contributed by atoms with Gasteiger partial charge in [0.05, 0.1) is 0 Å². The van der Waals surface area contributed by atoms with Crippen LogP contribution in [0.25, 0.3) is 61.0 Å². The van der Waals surface area contributed by atoms with Crippen LogP contribution < -0.4 is 21.2 Å². The molecule has 0 fully saturated rings. The number of rotatable bonds is 5. The summed E-state index contributed by atoms with van der Waals surface area (Å²) in [5, 5.41) is 2.54. The molecule has 0 atom stereocenters. The van der Waals surface area contributed by atoms with Crippen LogP contribution in [0.1, 0.15) is 5.56 Å². The van der Waals surface area contributed by atoms with E-state index in [-0.39, 0.29) is 21.2 Å². The quantitative estimate of drug-likeness (QED) is 0.174. The van der Waals surface area contributed by atoms with Gasteiger partial charge in [-0.25, -0.2) is 0 Å². The van der Waals surface area contributed by atoms with Crippen LogP contribution in [0, 0.1) is 10.5 Å². The van der Waals surface area contributed by atoms with Crippen LogP contribution in [-0.2, 0) is 0 Å². The first-order valence-electron chi connectivity index (χ1n) is 12.7. The van der Waals surface area contributed by atoms with E-state index in [9.17, 15) is 0 Å². The van der Waals surface area contributed by atoms with E-state index in [0.29, 0.717) is 4.33 Å². The standard InChI is InChI=1S/C33H24BIN3/c1-21-14-22(19-26(15-21)38-31-12-6-2-8-27(31)28-9-3-7-13-32(28)38)23-16-24(18-25(17-23)35-20-34)33-36-29-10-4-5-11-30(29)37-33/h2-19H,20H2,1H3,(H,36,37)/q-1. The number of aromatic nitrogens is 3. The molecule has 7 aromatic rings. The van der Waals surface area contributed by atoms with E-state index in [1.807, 2.05) is 18.2 Å². The van der Waals surface area contributed by atoms with Gasteiger partial charge in [-0.15, -0.1) is 0 Å². The summed E-state index contributed by atoms with van der Waals surface area (Å²) in [5.41, 5.74) is 10.3. The van der Waals surface area contributed by atoms with E-state index in [1.54, 1.807) is 0 Å². The number of halogens is 1. The minimum absolute atomic E-state index is 0.282. The second kappa shape index (κ2) is 9.48. The van der Waals surface area contributed by atoms with Crippen molar-refractivity contribution in [2.75, 3.05) is 4.33 Å². The van der Waals surface area contributed by atoms with Gasteiger partial charge in [0.1, 0.15) is 0 Å². The number of imidazole rings is 1. The zero-order valence-corrected chi connectivity index (χ0v) is 23.1. The number of nitrogens with one attached hydrogen (secondary N) is 1. The Labute approximate surface area is 233 Å². The Kier molecular flexibility index (Phi) is 5.81. The summed E-state index contributed by atoms with van der Waals surface area (Å²) in [7, 11) is 6.04. The van der Waals surface area contributed by atoms with Crippen molar-refractivity contribution in [3.05, 3.63) is 118 Å². The summed E-state index contributed by atoms with van der Waals surface area (Å²) in [6, 6.07) is 39.2. The van der Waals surface area contributed by atoms with Crippen LogP contribution in [0.4, 0.5) is 0 Å². The normalized spacial score (nSPS) is 11.7. The van der Waals surface area contributed by atoms with Crippen LogP contribution in [-0.4, -0.2) is 26.7 Å². The molecule has 0 saturated heterocycles. The van der Waals surface area contributed by atoms with Crippen LogP contribution in [0.15, 0.2) is 109 Å². The molecule has 0 saturated carbocycles. The molecule has 0 aliphatic carbocycles. The van der Waals surface area contributed by atoms with Crippen molar-refractivity contribution in [2.45, 2.75) is 6.92 Å². The van der Waals surface area contributed by atoms with E-state index in [0.717, 1.165) is 22.4 Å². The maximum atomic E-state index is 6.04. The first-order chi connectivity index (χ1) is 18.7. The number of H-pyrrole nitrogens is 1. The monoisotopic (exact) mass is 600 g/mol. The summed E-state index contributed by atoms with van der Waals surface area (Å²) >= 11 is -0.282. The molecule has 7 rings (SSSR count). The van der Waals surface area contributed by atoms with Gasteiger partial charge < -0.3 is 0 Å². The summed E-state index contributed by atoms with van der Waals surface area (Å²) < 4.78 is 4.42. The molecule has 2 heterocycles. The van der Waals surface area contributed by atoms with Crippen LogP contribution in [0.2, 0.25) is 0 Å². The second-order valence-corrected chi connectivity index (χ2v) is 12.4. The molecular weight excluding hydrogens is 576 g/mol. The van der Waals surface area contributed by atoms with Gasteiger partial charge in [0.15, 0.2) is 0 Å². The third kappa shape index (κ3) is 4.02. The molecule has 0 unspecified atom stereocenters. The van der Waals surface area contributed by atoms with Crippen molar-refractivity contribution < 1.29 is 21.2 Å². The van der Waals surface area contributed by atoms with Crippen molar-refractivity contribution in [2.24, 2.45) is 0 Å². The van der Waals surface area contributed by atoms with Crippen molar-refractivity contribution in [1.82, 2.24) is 14.5 Å². The molecule has 0 bridgehead atoms. The van der Waals surface area contributed by atoms with Gasteiger partial charge in [-0.1, -0.05) is 0 Å². The summed E-state index contributed by atoms with van der Waals surface area (Å²) in [6.07, 6.45) is 0. The third-order valence-electron chi connectivity index (χ3n) is 7.03. The van der Waals surface area contributed by atoms with E-state index in [4.69, 9.17) is 12.8 Å². The number of hydrogen-bond donors (Lipinski definition) is 1. The van der Waals surface area contributed by atoms with Crippen LogP contribution in [0.5, 0.6) is 0 Å². The number of para-hydroxylation sites is 4. The van der Waals surface area contributed by atoms with E-state index in [1.165, 1.54) is 47.8 Å². The topological polar surface area (TPSA) is 33.6 Å². The van der Waals surface area contributed by atoms with Gasteiger partial charge in [-0.2, -0.15) is 0 Å². The zero-order chi connectivity index (χ0) is 25.6. The first-order valence-corrected chi connectivity index (χ1v) is 15.3. The molecule has 3 nitrogen and oxygen atoms in total. The number of alkyl halides is 1. The number of nitrogens with zero attached hydrogens (tertiary/aromatic N) is 2. The van der Waals surface area contributed by atoms with Gasteiger partial charge in [-0.3, -0.25) is 0 Å². The molecule has 38 heavy (non-hydrogen) atoms. The SMILES string of the molecule is [B]C[I-]c1cc(-c2cc(C)cc(-n3c4ccccc4c4ccccc43)c2)cc(-c2nc3ccccc3[nH]2)c1. The number of aromatic amines is 1. The number of hydrogen-bond acceptors (Lipinski definition) is 1. The van der Waals surface area contributed by atoms with Crippen molar-refractivity contribution in [3.8, 4) is 28.2 Å². The molecular formula is C33H24BIN3-. The van der Waals surface area contributed by atoms with Crippen molar-refractivity contribution in [1.29, 1.82) is 0 Å². The Balaban J connectivity index is 1.43. The predicted molar refractivity (Wildman–Crippen MR) is 155 cm³/mol. The summed E-state index contributed by atoms with van der Waals surface area (Å²) in [4.78, 5) is 8.40. The Morgan fingerprint density at radius 3 is 2.13 bits per heavy atom. The molecule has 2 aromatic heterocycles. The molecule has 1 N–H and O–H groups in total. The fourth-order valence-electron chi connectivity index (χ4n) is 5.41. The Morgan fingerprint density at radius 2 is 1.39 bits per heavy atom. The average molecular weight is 600 g/mol. The van der Waals surface area contributed by atoms with E-state index < -0.39 is 0 Å². The predicted octanol–water partition coefficient (Wildman–Crippen LogP) is 4.69. The summed E-state index contributed by atoms with van der Waals surface area (Å²) in [6.45, 7) is 2.18. The number of benzene rings is 5. The fraction of sp³-hybridized carbons (Fsp3) is 0.0606. The average Bonchev–Trinajstić information content (AvgIpc) is 3.52. The van der Waals surface area contributed by atoms with Gasteiger partial charge in [-0.05, 0) is 0 Å². The van der Waals surface area contributed by atoms with E-state index in [2.05, 4.69) is 107 Å². The number of aryl methyl sites for hydroxylation is 1. The molecule has 182 valence electrons. The van der Waals surface area contributed by atoms with Gasteiger partial charge in [0, 0.05) is 0 Å².